The van der Waals surface area contributed by atoms with E-state index >= 15 is 0 Å². The summed E-state index contributed by atoms with van der Waals surface area (Å²) < 4.78 is 5.10. The van der Waals surface area contributed by atoms with Gasteiger partial charge in [-0.15, -0.1) is 0 Å². The van der Waals surface area contributed by atoms with Crippen LogP contribution in [-0.4, -0.2) is 40.5 Å². The van der Waals surface area contributed by atoms with Crippen LogP contribution in [0.1, 0.15) is 40.0 Å². The molecule has 1 amide bonds. The van der Waals surface area contributed by atoms with Crippen molar-refractivity contribution in [1.82, 2.24) is 5.32 Å². The number of aliphatic carboxylic acids is 1. The van der Waals surface area contributed by atoms with Gasteiger partial charge in [0.15, 0.2) is 0 Å². The van der Waals surface area contributed by atoms with Gasteiger partial charge in [-0.2, -0.15) is 0 Å². The molecule has 0 unspecified atom stereocenters. The second-order valence-electron chi connectivity index (χ2n) is 5.96. The summed E-state index contributed by atoms with van der Waals surface area (Å²) in [5.41, 5.74) is 0.140. The van der Waals surface area contributed by atoms with Gasteiger partial charge in [-0.25, -0.2) is 4.79 Å². The van der Waals surface area contributed by atoms with Crippen LogP contribution in [0.15, 0.2) is 11.6 Å². The Bertz CT molecular complexity index is 397. The molecule has 0 saturated heterocycles. The van der Waals surface area contributed by atoms with Crippen molar-refractivity contribution in [2.24, 2.45) is 5.92 Å². The molecule has 1 fully saturated rings. The van der Waals surface area contributed by atoms with E-state index in [0.29, 0.717) is 12.8 Å². The molecule has 1 aliphatic rings. The predicted octanol–water partition coefficient (Wildman–Crippen LogP) is 1.68. The molecule has 0 aromatic carbocycles. The van der Waals surface area contributed by atoms with Gasteiger partial charge in [0.2, 0.25) is 0 Å². The van der Waals surface area contributed by atoms with Crippen molar-refractivity contribution < 1.29 is 24.5 Å². The molecule has 114 valence electrons. The van der Waals surface area contributed by atoms with E-state index in [2.05, 4.69) is 5.32 Å². The van der Waals surface area contributed by atoms with Crippen molar-refractivity contribution in [3.63, 3.8) is 0 Å². The van der Waals surface area contributed by atoms with Crippen LogP contribution in [0.2, 0.25) is 0 Å². The lowest BCUT2D eigenvalue weighted by Crippen LogP contribution is -2.40. The SMILES string of the molecule is CC(C)(C)OC(=O)N[C@H](/C=C1\CCC[C@H]1C(=O)O)CO. The molecule has 3 N–H and O–H groups in total. The van der Waals surface area contributed by atoms with E-state index in [-0.39, 0.29) is 6.61 Å². The number of rotatable bonds is 4. The number of nitrogens with one attached hydrogen (secondary N) is 1. The lowest BCUT2D eigenvalue weighted by molar-refractivity contribution is -0.140. The molecule has 1 saturated carbocycles. The Labute approximate surface area is 118 Å². The standard InChI is InChI=1S/C14H23NO5/c1-14(2,3)20-13(19)15-10(8-16)7-9-5-4-6-11(9)12(17)18/h7,10-11,16H,4-6,8H2,1-3H3,(H,15,19)(H,17,18)/b9-7+/t10-,11-/m1/s1. The number of ether oxygens (including phenoxy) is 1. The number of carbonyl (C=O) groups is 2. The Morgan fingerprint density at radius 2 is 2.15 bits per heavy atom. The quantitative estimate of drug-likeness (QED) is 0.683. The Morgan fingerprint density at radius 1 is 1.50 bits per heavy atom. The molecular formula is C14H23NO5. The van der Waals surface area contributed by atoms with Crippen molar-refractivity contribution in [2.45, 2.75) is 51.7 Å². The Balaban J connectivity index is 2.67. The molecule has 1 rings (SSSR count). The first-order valence-corrected chi connectivity index (χ1v) is 6.76. The largest absolute Gasteiger partial charge is 0.481 e. The second kappa shape index (κ2) is 6.74. The lowest BCUT2D eigenvalue weighted by Gasteiger charge is -2.22. The lowest BCUT2D eigenvalue weighted by atomic mass is 10.0. The third-order valence-electron chi connectivity index (χ3n) is 3.02. The molecule has 6 nitrogen and oxygen atoms in total. The molecular weight excluding hydrogens is 262 g/mol. The number of hydrogen-bond donors (Lipinski definition) is 3. The van der Waals surface area contributed by atoms with Crippen LogP contribution in [0.4, 0.5) is 4.79 Å². The smallest absolute Gasteiger partial charge is 0.408 e. The minimum Gasteiger partial charge on any atom is -0.481 e. The highest BCUT2D eigenvalue weighted by molar-refractivity contribution is 5.74. The highest BCUT2D eigenvalue weighted by Gasteiger charge is 2.28. The minimum atomic E-state index is -0.859. The Kier molecular flexibility index (Phi) is 5.56. The number of carboxylic acids is 1. The van der Waals surface area contributed by atoms with Crippen molar-refractivity contribution in [3.8, 4) is 0 Å². The predicted molar refractivity (Wildman–Crippen MR) is 73.3 cm³/mol. The van der Waals surface area contributed by atoms with Crippen LogP contribution in [0, 0.1) is 5.92 Å². The van der Waals surface area contributed by atoms with Gasteiger partial charge in [-0.05, 0) is 40.0 Å². The fourth-order valence-corrected chi connectivity index (χ4v) is 2.21. The van der Waals surface area contributed by atoms with E-state index in [0.717, 1.165) is 12.0 Å². The zero-order valence-corrected chi connectivity index (χ0v) is 12.2. The van der Waals surface area contributed by atoms with Gasteiger partial charge >= 0.3 is 12.1 Å². The normalized spacial score (nSPS) is 22.6. The Hall–Kier alpha value is -1.56. The summed E-state index contributed by atoms with van der Waals surface area (Å²) in [6.07, 6.45) is 3.11. The fourth-order valence-electron chi connectivity index (χ4n) is 2.21. The average molecular weight is 285 g/mol. The van der Waals surface area contributed by atoms with Gasteiger partial charge in [0, 0.05) is 0 Å². The topological polar surface area (TPSA) is 95.9 Å². The average Bonchev–Trinajstić information content (AvgIpc) is 2.73. The first-order chi connectivity index (χ1) is 9.23. The maximum Gasteiger partial charge on any atom is 0.408 e. The molecule has 0 spiro atoms. The molecule has 0 bridgehead atoms. The van der Waals surface area contributed by atoms with Crippen LogP contribution in [0.3, 0.4) is 0 Å². The van der Waals surface area contributed by atoms with Crippen LogP contribution >= 0.6 is 0 Å². The van der Waals surface area contributed by atoms with Gasteiger partial charge in [-0.3, -0.25) is 4.79 Å². The van der Waals surface area contributed by atoms with Gasteiger partial charge in [0.05, 0.1) is 18.6 Å². The summed E-state index contributed by atoms with van der Waals surface area (Å²) in [7, 11) is 0. The van der Waals surface area contributed by atoms with Crippen molar-refractivity contribution >= 4 is 12.1 Å². The maximum atomic E-state index is 11.6. The van der Waals surface area contributed by atoms with Crippen molar-refractivity contribution in [3.05, 3.63) is 11.6 Å². The van der Waals surface area contributed by atoms with Crippen LogP contribution in [0.25, 0.3) is 0 Å². The molecule has 2 atom stereocenters. The zero-order chi connectivity index (χ0) is 15.3. The summed E-state index contributed by atoms with van der Waals surface area (Å²) >= 11 is 0. The summed E-state index contributed by atoms with van der Waals surface area (Å²) in [5.74, 6) is -1.37. The highest BCUT2D eigenvalue weighted by Crippen LogP contribution is 2.31. The van der Waals surface area contributed by atoms with E-state index in [1.54, 1.807) is 26.8 Å². The van der Waals surface area contributed by atoms with Gasteiger partial charge in [0.1, 0.15) is 5.60 Å². The molecule has 6 heteroatoms. The zero-order valence-electron chi connectivity index (χ0n) is 12.2. The molecule has 20 heavy (non-hydrogen) atoms. The fraction of sp³-hybridized carbons (Fsp3) is 0.714. The van der Waals surface area contributed by atoms with E-state index in [9.17, 15) is 14.7 Å². The van der Waals surface area contributed by atoms with Gasteiger partial charge in [-0.1, -0.05) is 11.6 Å². The molecule has 0 heterocycles. The summed E-state index contributed by atoms with van der Waals surface area (Å²) in [6.45, 7) is 4.94. The van der Waals surface area contributed by atoms with Crippen LogP contribution in [-0.2, 0) is 9.53 Å². The van der Waals surface area contributed by atoms with Gasteiger partial charge < -0.3 is 20.3 Å². The number of hydrogen-bond acceptors (Lipinski definition) is 4. The Morgan fingerprint density at radius 3 is 2.65 bits per heavy atom. The van der Waals surface area contributed by atoms with Crippen molar-refractivity contribution in [1.29, 1.82) is 0 Å². The summed E-state index contributed by atoms with van der Waals surface area (Å²) in [5, 5.41) is 20.9. The summed E-state index contributed by atoms with van der Waals surface area (Å²) in [6, 6.07) is -0.625. The first-order valence-electron chi connectivity index (χ1n) is 6.76. The van der Waals surface area contributed by atoms with E-state index in [1.165, 1.54) is 0 Å². The van der Waals surface area contributed by atoms with Crippen molar-refractivity contribution in [2.75, 3.05) is 6.61 Å². The van der Waals surface area contributed by atoms with E-state index < -0.39 is 29.6 Å². The number of aliphatic hydroxyl groups is 1. The number of alkyl carbamates (subject to hydrolysis) is 1. The first kappa shape index (κ1) is 16.5. The minimum absolute atomic E-state index is 0.297. The van der Waals surface area contributed by atoms with Crippen LogP contribution < -0.4 is 5.32 Å². The maximum absolute atomic E-state index is 11.6. The number of carboxylic acid groups (broad SMARTS) is 1. The summed E-state index contributed by atoms with van der Waals surface area (Å²) in [4.78, 5) is 22.7. The second-order valence-corrected chi connectivity index (χ2v) is 5.96. The number of amides is 1. The third kappa shape index (κ3) is 5.21. The third-order valence-corrected chi connectivity index (χ3v) is 3.02. The highest BCUT2D eigenvalue weighted by atomic mass is 16.6. The molecule has 0 radical (unpaired) electrons. The van der Waals surface area contributed by atoms with E-state index in [4.69, 9.17) is 9.84 Å². The number of aliphatic hydroxyl groups excluding tert-OH is 1. The van der Waals surface area contributed by atoms with E-state index in [1.807, 2.05) is 0 Å². The monoisotopic (exact) mass is 285 g/mol. The molecule has 0 aliphatic heterocycles. The molecule has 0 aromatic heterocycles. The van der Waals surface area contributed by atoms with Gasteiger partial charge in [0.25, 0.3) is 0 Å². The number of carbonyl (C=O) groups excluding carboxylic acids is 1. The van der Waals surface area contributed by atoms with Crippen LogP contribution in [0.5, 0.6) is 0 Å². The molecule has 0 aromatic rings. The molecule has 1 aliphatic carbocycles.